The van der Waals surface area contributed by atoms with Gasteiger partial charge in [0.1, 0.15) is 5.60 Å². The van der Waals surface area contributed by atoms with E-state index < -0.39 is 5.60 Å². The van der Waals surface area contributed by atoms with Crippen molar-refractivity contribution in [2.24, 2.45) is 0 Å². The predicted octanol–water partition coefficient (Wildman–Crippen LogP) is 3.92. The summed E-state index contributed by atoms with van der Waals surface area (Å²) in [4.78, 5) is 16.0. The molecule has 136 valence electrons. The van der Waals surface area contributed by atoms with E-state index in [0.29, 0.717) is 24.7 Å². The van der Waals surface area contributed by atoms with E-state index in [4.69, 9.17) is 16.3 Å². The van der Waals surface area contributed by atoms with E-state index in [1.807, 2.05) is 51.8 Å². The number of carbonyl (C=O) groups is 1. The fourth-order valence-electron chi connectivity index (χ4n) is 2.31. The molecule has 24 heavy (non-hydrogen) atoms. The standard InChI is InChI=1S/C18H29ClN2O3/c1-6-9-21(17(23)24-18(2,3)4)11-10-20(5)16-12-15(19)8-7-14(16)13-22/h7-8,12,22H,6,9-11,13H2,1-5H3. The van der Waals surface area contributed by atoms with Crippen molar-refractivity contribution in [3.63, 3.8) is 0 Å². The molecule has 0 aliphatic heterocycles. The molecule has 0 radical (unpaired) electrons. The monoisotopic (exact) mass is 356 g/mol. The topological polar surface area (TPSA) is 53.0 Å². The molecule has 0 fully saturated rings. The van der Waals surface area contributed by atoms with Gasteiger partial charge in [0.25, 0.3) is 0 Å². The molecule has 1 aromatic rings. The molecule has 0 aromatic heterocycles. The van der Waals surface area contributed by atoms with Crippen LogP contribution in [-0.2, 0) is 11.3 Å². The van der Waals surface area contributed by atoms with Gasteiger partial charge in [-0.25, -0.2) is 4.79 Å². The highest BCUT2D eigenvalue weighted by Gasteiger charge is 2.22. The number of halogens is 1. The fraction of sp³-hybridized carbons (Fsp3) is 0.611. The zero-order valence-electron chi connectivity index (χ0n) is 15.3. The maximum absolute atomic E-state index is 12.3. The van der Waals surface area contributed by atoms with Crippen LogP contribution >= 0.6 is 11.6 Å². The molecule has 0 atom stereocenters. The van der Waals surface area contributed by atoms with Gasteiger partial charge in [0, 0.05) is 43.0 Å². The lowest BCUT2D eigenvalue weighted by Gasteiger charge is -2.29. The number of aliphatic hydroxyl groups excluding tert-OH is 1. The van der Waals surface area contributed by atoms with Gasteiger partial charge < -0.3 is 19.6 Å². The molecule has 1 amide bonds. The van der Waals surface area contributed by atoms with E-state index in [1.165, 1.54) is 0 Å². The van der Waals surface area contributed by atoms with Crippen LogP contribution < -0.4 is 4.90 Å². The van der Waals surface area contributed by atoms with E-state index >= 15 is 0 Å². The molecule has 6 heteroatoms. The van der Waals surface area contributed by atoms with E-state index in [9.17, 15) is 9.90 Å². The average molecular weight is 357 g/mol. The van der Waals surface area contributed by atoms with E-state index in [2.05, 4.69) is 0 Å². The highest BCUT2D eigenvalue weighted by molar-refractivity contribution is 6.30. The summed E-state index contributed by atoms with van der Waals surface area (Å²) < 4.78 is 5.46. The van der Waals surface area contributed by atoms with Gasteiger partial charge in [-0.3, -0.25) is 0 Å². The van der Waals surface area contributed by atoms with Crippen LogP contribution in [0.1, 0.15) is 39.7 Å². The van der Waals surface area contributed by atoms with E-state index in [0.717, 1.165) is 17.7 Å². The number of rotatable bonds is 7. The van der Waals surface area contributed by atoms with Crippen molar-refractivity contribution in [2.45, 2.75) is 46.3 Å². The van der Waals surface area contributed by atoms with Crippen LogP contribution in [0.4, 0.5) is 10.5 Å². The zero-order valence-corrected chi connectivity index (χ0v) is 16.1. The quantitative estimate of drug-likeness (QED) is 0.804. The van der Waals surface area contributed by atoms with Crippen molar-refractivity contribution in [2.75, 3.05) is 31.6 Å². The summed E-state index contributed by atoms with van der Waals surface area (Å²) in [6, 6.07) is 5.39. The highest BCUT2D eigenvalue weighted by Crippen LogP contribution is 2.24. The molecule has 0 bridgehead atoms. The first-order valence-corrected chi connectivity index (χ1v) is 8.64. The molecular formula is C18H29ClN2O3. The second-order valence-electron chi connectivity index (χ2n) is 6.82. The number of amides is 1. The first kappa shape index (κ1) is 20.6. The smallest absolute Gasteiger partial charge is 0.410 e. The molecule has 0 aliphatic carbocycles. The number of hydrogen-bond donors (Lipinski definition) is 1. The number of hydrogen-bond acceptors (Lipinski definition) is 4. The molecule has 0 saturated heterocycles. The van der Waals surface area contributed by atoms with Crippen LogP contribution in [0.3, 0.4) is 0 Å². The molecule has 0 heterocycles. The van der Waals surface area contributed by atoms with Crippen molar-refractivity contribution < 1.29 is 14.6 Å². The summed E-state index contributed by atoms with van der Waals surface area (Å²) in [6.07, 6.45) is 0.563. The third-order valence-corrected chi connectivity index (χ3v) is 3.71. The molecule has 0 saturated carbocycles. The summed E-state index contributed by atoms with van der Waals surface area (Å²) in [6.45, 7) is 9.36. The van der Waals surface area contributed by atoms with Crippen molar-refractivity contribution in [1.29, 1.82) is 0 Å². The minimum atomic E-state index is -0.508. The van der Waals surface area contributed by atoms with Crippen molar-refractivity contribution in [3.05, 3.63) is 28.8 Å². The third kappa shape index (κ3) is 6.57. The number of benzene rings is 1. The Bertz CT molecular complexity index is 544. The lowest BCUT2D eigenvalue weighted by atomic mass is 10.1. The number of nitrogens with zero attached hydrogens (tertiary/aromatic N) is 2. The molecule has 5 nitrogen and oxygen atoms in total. The van der Waals surface area contributed by atoms with Gasteiger partial charge >= 0.3 is 6.09 Å². The Morgan fingerprint density at radius 3 is 2.46 bits per heavy atom. The van der Waals surface area contributed by atoms with Gasteiger partial charge in [-0.1, -0.05) is 24.6 Å². The van der Waals surface area contributed by atoms with Crippen LogP contribution in [0.25, 0.3) is 0 Å². The first-order chi connectivity index (χ1) is 11.2. The Morgan fingerprint density at radius 1 is 1.25 bits per heavy atom. The number of carbonyl (C=O) groups excluding carboxylic acids is 1. The third-order valence-electron chi connectivity index (χ3n) is 3.48. The summed E-state index contributed by atoms with van der Waals surface area (Å²) in [7, 11) is 1.92. The van der Waals surface area contributed by atoms with E-state index in [-0.39, 0.29) is 12.7 Å². The lowest BCUT2D eigenvalue weighted by Crippen LogP contribution is -2.41. The lowest BCUT2D eigenvalue weighted by molar-refractivity contribution is 0.0255. The number of ether oxygens (including phenoxy) is 1. The predicted molar refractivity (Wildman–Crippen MR) is 98.7 cm³/mol. The van der Waals surface area contributed by atoms with Gasteiger partial charge in [0.2, 0.25) is 0 Å². The van der Waals surface area contributed by atoms with Gasteiger partial charge in [-0.2, -0.15) is 0 Å². The van der Waals surface area contributed by atoms with Crippen LogP contribution in [0.2, 0.25) is 5.02 Å². The Labute approximate surface area is 150 Å². The Morgan fingerprint density at radius 2 is 1.92 bits per heavy atom. The number of anilines is 1. The number of likely N-dealkylation sites (N-methyl/N-ethyl adjacent to an activating group) is 1. The second kappa shape index (κ2) is 9.14. The Balaban J connectivity index is 2.76. The van der Waals surface area contributed by atoms with Gasteiger partial charge in [0.05, 0.1) is 6.61 Å². The van der Waals surface area contributed by atoms with Crippen molar-refractivity contribution >= 4 is 23.4 Å². The highest BCUT2D eigenvalue weighted by atomic mass is 35.5. The number of aliphatic hydroxyl groups is 1. The molecule has 1 aromatic carbocycles. The Hall–Kier alpha value is -1.46. The molecule has 0 aliphatic rings. The summed E-state index contributed by atoms with van der Waals surface area (Å²) >= 11 is 6.06. The molecule has 0 unspecified atom stereocenters. The Kier molecular flexibility index (Phi) is 7.84. The van der Waals surface area contributed by atoms with Crippen LogP contribution in [0.5, 0.6) is 0 Å². The largest absolute Gasteiger partial charge is 0.444 e. The van der Waals surface area contributed by atoms with Crippen LogP contribution in [0.15, 0.2) is 18.2 Å². The first-order valence-electron chi connectivity index (χ1n) is 8.26. The molecule has 1 rings (SSSR count). The van der Waals surface area contributed by atoms with Gasteiger partial charge in [-0.15, -0.1) is 0 Å². The van der Waals surface area contributed by atoms with E-state index in [1.54, 1.807) is 11.0 Å². The van der Waals surface area contributed by atoms with Crippen LogP contribution in [-0.4, -0.2) is 48.4 Å². The fourth-order valence-corrected chi connectivity index (χ4v) is 2.47. The maximum Gasteiger partial charge on any atom is 0.410 e. The second-order valence-corrected chi connectivity index (χ2v) is 7.26. The summed E-state index contributed by atoms with van der Waals surface area (Å²) in [5, 5.41) is 10.1. The van der Waals surface area contributed by atoms with Crippen LogP contribution in [0, 0.1) is 0 Å². The average Bonchev–Trinajstić information content (AvgIpc) is 2.49. The van der Waals surface area contributed by atoms with Crippen molar-refractivity contribution in [1.82, 2.24) is 4.90 Å². The molecule has 0 spiro atoms. The maximum atomic E-state index is 12.3. The molecular weight excluding hydrogens is 328 g/mol. The SMILES string of the molecule is CCCN(CCN(C)c1cc(Cl)ccc1CO)C(=O)OC(C)(C)C. The normalized spacial score (nSPS) is 11.3. The van der Waals surface area contributed by atoms with Gasteiger partial charge in [-0.05, 0) is 39.3 Å². The minimum absolute atomic E-state index is 0.0540. The van der Waals surface area contributed by atoms with Gasteiger partial charge in [0.15, 0.2) is 0 Å². The summed E-state index contributed by atoms with van der Waals surface area (Å²) in [5.74, 6) is 0. The summed E-state index contributed by atoms with van der Waals surface area (Å²) in [5.41, 5.74) is 1.17. The zero-order chi connectivity index (χ0) is 18.3. The van der Waals surface area contributed by atoms with Crippen molar-refractivity contribution in [3.8, 4) is 0 Å². The minimum Gasteiger partial charge on any atom is -0.444 e. The molecule has 1 N–H and O–H groups in total.